The predicted octanol–water partition coefficient (Wildman–Crippen LogP) is 1.35. The van der Waals surface area contributed by atoms with Gasteiger partial charge in [0, 0.05) is 33.3 Å². The Labute approximate surface area is 162 Å². The maximum absolute atomic E-state index is 11.7. The number of hydrogen-bond acceptors (Lipinski definition) is 7. The molecule has 9 nitrogen and oxygen atoms in total. The van der Waals surface area contributed by atoms with Gasteiger partial charge < -0.3 is 19.5 Å². The molecule has 146 valence electrons. The van der Waals surface area contributed by atoms with Crippen LogP contribution in [0.15, 0.2) is 31.0 Å². The van der Waals surface area contributed by atoms with E-state index in [1.165, 1.54) is 6.33 Å². The fraction of sp³-hybridized carbons (Fsp3) is 0.421. The Hall–Kier alpha value is -3.07. The van der Waals surface area contributed by atoms with Gasteiger partial charge in [-0.05, 0) is 18.1 Å². The minimum Gasteiger partial charge on any atom is -0.368 e. The lowest BCUT2D eigenvalue weighted by atomic mass is 10.1. The fourth-order valence-corrected chi connectivity index (χ4v) is 3.26. The van der Waals surface area contributed by atoms with E-state index in [0.717, 1.165) is 29.1 Å². The number of rotatable bonds is 5. The Kier molecular flexibility index (Phi) is 5.16. The van der Waals surface area contributed by atoms with Crippen LogP contribution in [0.1, 0.15) is 23.8 Å². The number of imidazole rings is 1. The summed E-state index contributed by atoms with van der Waals surface area (Å²) in [4.78, 5) is 36.0. The summed E-state index contributed by atoms with van der Waals surface area (Å²) < 4.78 is 5.94. The van der Waals surface area contributed by atoms with Crippen molar-refractivity contribution in [2.24, 2.45) is 0 Å². The molecule has 4 rings (SSSR count). The summed E-state index contributed by atoms with van der Waals surface area (Å²) in [7, 11) is 3.54. The molecular weight excluding hydrogens is 358 g/mol. The largest absolute Gasteiger partial charge is 0.368 e. The lowest BCUT2D eigenvalue weighted by Crippen LogP contribution is -2.39. The van der Waals surface area contributed by atoms with Crippen molar-refractivity contribution in [3.05, 3.63) is 42.2 Å². The summed E-state index contributed by atoms with van der Waals surface area (Å²) in [6.07, 6.45) is 6.01. The van der Waals surface area contributed by atoms with E-state index in [2.05, 4.69) is 29.8 Å². The third-order valence-electron chi connectivity index (χ3n) is 4.87. The molecule has 0 saturated carbocycles. The van der Waals surface area contributed by atoms with Crippen molar-refractivity contribution in [1.82, 2.24) is 29.8 Å². The number of aromatic amines is 1. The number of morpholine rings is 1. The molecular formula is C19H23N7O2. The van der Waals surface area contributed by atoms with Crippen molar-refractivity contribution in [2.75, 3.05) is 38.7 Å². The second-order valence-electron chi connectivity index (χ2n) is 6.98. The normalized spacial score (nSPS) is 17.1. The van der Waals surface area contributed by atoms with E-state index in [-0.39, 0.29) is 12.0 Å². The summed E-state index contributed by atoms with van der Waals surface area (Å²) in [5.41, 5.74) is 3.41. The number of ether oxygens (including phenoxy) is 1. The molecule has 0 aromatic carbocycles. The SMILES string of the molecule is CN(C)C(=O)CCc1ccc(C2CN(c3ncnc4nc[nH]c34)CCO2)nc1. The first-order valence-corrected chi connectivity index (χ1v) is 9.27. The lowest BCUT2D eigenvalue weighted by molar-refractivity contribution is -0.128. The van der Waals surface area contributed by atoms with Gasteiger partial charge in [-0.25, -0.2) is 15.0 Å². The molecule has 1 amide bonds. The van der Waals surface area contributed by atoms with Gasteiger partial charge in [-0.2, -0.15) is 0 Å². The number of amides is 1. The van der Waals surface area contributed by atoms with Crippen LogP contribution in [0.3, 0.4) is 0 Å². The van der Waals surface area contributed by atoms with Gasteiger partial charge in [-0.3, -0.25) is 9.78 Å². The summed E-state index contributed by atoms with van der Waals surface area (Å²) in [5.74, 6) is 0.944. The molecule has 1 N–H and O–H groups in total. The van der Waals surface area contributed by atoms with Gasteiger partial charge in [-0.15, -0.1) is 0 Å². The first-order chi connectivity index (χ1) is 13.6. The molecule has 1 unspecified atom stereocenters. The number of aromatic nitrogens is 5. The van der Waals surface area contributed by atoms with E-state index >= 15 is 0 Å². The van der Waals surface area contributed by atoms with E-state index < -0.39 is 0 Å². The van der Waals surface area contributed by atoms with Crippen LogP contribution in [0.5, 0.6) is 0 Å². The highest BCUT2D eigenvalue weighted by Crippen LogP contribution is 2.27. The average molecular weight is 381 g/mol. The van der Waals surface area contributed by atoms with Crippen LogP contribution >= 0.6 is 0 Å². The van der Waals surface area contributed by atoms with Crippen molar-refractivity contribution in [3.8, 4) is 0 Å². The topological polar surface area (TPSA) is 100 Å². The lowest BCUT2D eigenvalue weighted by Gasteiger charge is -2.33. The Morgan fingerprint density at radius 1 is 1.29 bits per heavy atom. The van der Waals surface area contributed by atoms with Gasteiger partial charge in [0.25, 0.3) is 0 Å². The molecule has 3 aromatic heterocycles. The number of aryl methyl sites for hydroxylation is 1. The Balaban J connectivity index is 1.44. The smallest absolute Gasteiger partial charge is 0.222 e. The van der Waals surface area contributed by atoms with Crippen molar-refractivity contribution < 1.29 is 9.53 Å². The first kappa shape index (κ1) is 18.3. The molecule has 1 aliphatic heterocycles. The number of fused-ring (bicyclic) bond motifs is 1. The molecule has 4 heterocycles. The summed E-state index contributed by atoms with van der Waals surface area (Å²) in [6, 6.07) is 4.00. The first-order valence-electron chi connectivity index (χ1n) is 9.27. The highest BCUT2D eigenvalue weighted by atomic mass is 16.5. The van der Waals surface area contributed by atoms with Crippen LogP contribution in [-0.4, -0.2) is 69.5 Å². The number of H-pyrrole nitrogens is 1. The summed E-state index contributed by atoms with van der Waals surface area (Å²) in [5, 5.41) is 0. The average Bonchev–Trinajstić information content (AvgIpc) is 3.21. The number of nitrogens with zero attached hydrogens (tertiary/aromatic N) is 6. The van der Waals surface area contributed by atoms with Crippen molar-refractivity contribution in [1.29, 1.82) is 0 Å². The molecule has 1 fully saturated rings. The van der Waals surface area contributed by atoms with Crippen LogP contribution in [-0.2, 0) is 16.0 Å². The zero-order valence-corrected chi connectivity index (χ0v) is 16.0. The molecule has 9 heteroatoms. The third kappa shape index (κ3) is 3.79. The minimum absolute atomic E-state index is 0.116. The van der Waals surface area contributed by atoms with E-state index in [9.17, 15) is 4.79 Å². The van der Waals surface area contributed by atoms with E-state index in [4.69, 9.17) is 4.74 Å². The molecule has 0 spiro atoms. The second-order valence-corrected chi connectivity index (χ2v) is 6.98. The van der Waals surface area contributed by atoms with Gasteiger partial charge in [0.05, 0.1) is 25.2 Å². The van der Waals surface area contributed by atoms with E-state index in [1.807, 2.05) is 18.3 Å². The number of anilines is 1. The van der Waals surface area contributed by atoms with Crippen molar-refractivity contribution >= 4 is 22.9 Å². The van der Waals surface area contributed by atoms with Crippen LogP contribution in [0.25, 0.3) is 11.2 Å². The second kappa shape index (κ2) is 7.89. The molecule has 0 aliphatic carbocycles. The highest BCUT2D eigenvalue weighted by molar-refractivity contribution is 5.82. The molecule has 28 heavy (non-hydrogen) atoms. The fourth-order valence-electron chi connectivity index (χ4n) is 3.26. The van der Waals surface area contributed by atoms with Gasteiger partial charge >= 0.3 is 0 Å². The molecule has 0 radical (unpaired) electrons. The molecule has 3 aromatic rings. The number of nitrogens with one attached hydrogen (secondary N) is 1. The maximum atomic E-state index is 11.7. The molecule has 1 saturated heterocycles. The van der Waals surface area contributed by atoms with Crippen molar-refractivity contribution in [2.45, 2.75) is 18.9 Å². The summed E-state index contributed by atoms with van der Waals surface area (Å²) >= 11 is 0. The van der Waals surface area contributed by atoms with Crippen LogP contribution in [0.2, 0.25) is 0 Å². The number of hydrogen-bond donors (Lipinski definition) is 1. The van der Waals surface area contributed by atoms with Crippen molar-refractivity contribution in [3.63, 3.8) is 0 Å². The zero-order chi connectivity index (χ0) is 19.5. The zero-order valence-electron chi connectivity index (χ0n) is 16.0. The van der Waals surface area contributed by atoms with Crippen LogP contribution < -0.4 is 4.90 Å². The Bertz CT molecular complexity index is 954. The number of carbonyl (C=O) groups is 1. The van der Waals surface area contributed by atoms with E-state index in [1.54, 1.807) is 25.3 Å². The van der Waals surface area contributed by atoms with Gasteiger partial charge in [0.1, 0.15) is 17.9 Å². The predicted molar refractivity (Wildman–Crippen MR) is 104 cm³/mol. The quantitative estimate of drug-likeness (QED) is 0.712. The van der Waals surface area contributed by atoms with Gasteiger partial charge in [0.2, 0.25) is 5.91 Å². The summed E-state index contributed by atoms with van der Waals surface area (Å²) in [6.45, 7) is 1.98. The van der Waals surface area contributed by atoms with E-state index in [0.29, 0.717) is 31.6 Å². The number of pyridine rings is 1. The third-order valence-corrected chi connectivity index (χ3v) is 4.87. The van der Waals surface area contributed by atoms with Crippen LogP contribution in [0, 0.1) is 0 Å². The standard InChI is InChI=1S/C19H23N7O2/c1-25(2)16(27)6-4-13-3-5-14(20-9-13)15-10-26(7-8-28-15)19-17-18(22-11-21-17)23-12-24-19/h3,5,9,11-12,15H,4,6-8,10H2,1-2H3,(H,21,22,23,24). The highest BCUT2D eigenvalue weighted by Gasteiger charge is 2.25. The maximum Gasteiger partial charge on any atom is 0.222 e. The van der Waals surface area contributed by atoms with Crippen LogP contribution in [0.4, 0.5) is 5.82 Å². The van der Waals surface area contributed by atoms with Gasteiger partial charge in [-0.1, -0.05) is 6.07 Å². The molecule has 1 aliphatic rings. The molecule has 0 bridgehead atoms. The number of carbonyl (C=O) groups excluding carboxylic acids is 1. The molecule has 1 atom stereocenters. The monoisotopic (exact) mass is 381 g/mol. The van der Waals surface area contributed by atoms with Gasteiger partial charge in [0.15, 0.2) is 11.5 Å². The Morgan fingerprint density at radius 3 is 2.96 bits per heavy atom. The Morgan fingerprint density at radius 2 is 2.18 bits per heavy atom. The minimum atomic E-state index is -0.140.